The van der Waals surface area contributed by atoms with Gasteiger partial charge in [-0.2, -0.15) is 5.10 Å². The summed E-state index contributed by atoms with van der Waals surface area (Å²) < 4.78 is 3.25. The second kappa shape index (κ2) is 7.39. The molecule has 17 heavy (non-hydrogen) atoms. The molecule has 0 aromatic carbocycles. The monoisotopic (exact) mass is 321 g/mol. The number of rotatable bonds is 7. The van der Waals surface area contributed by atoms with Crippen LogP contribution in [0.15, 0.2) is 4.47 Å². The maximum atomic E-state index is 5.81. The average molecular weight is 323 g/mol. The Labute approximate surface area is 117 Å². The first-order valence-electron chi connectivity index (χ1n) is 6.20. The molecule has 0 atom stereocenters. The lowest BCUT2D eigenvalue weighted by Gasteiger charge is -2.19. The van der Waals surface area contributed by atoms with Crippen LogP contribution < -0.4 is 0 Å². The predicted molar refractivity (Wildman–Crippen MR) is 76.7 cm³/mol. The van der Waals surface area contributed by atoms with E-state index in [-0.39, 0.29) is 0 Å². The van der Waals surface area contributed by atoms with Gasteiger partial charge in [0.1, 0.15) is 0 Å². The quantitative estimate of drug-likeness (QED) is 0.718. The Morgan fingerprint density at radius 2 is 2.06 bits per heavy atom. The Balaban J connectivity index is 2.91. The molecule has 3 nitrogen and oxygen atoms in total. The molecule has 0 radical (unpaired) electrons. The molecule has 0 saturated heterocycles. The van der Waals surface area contributed by atoms with Crippen LogP contribution in [0.5, 0.6) is 0 Å². The summed E-state index contributed by atoms with van der Waals surface area (Å²) in [5, 5.41) is 4.60. The minimum atomic E-state index is 0.673. The highest BCUT2D eigenvalue weighted by atomic mass is 79.9. The molecule has 1 heterocycles. The van der Waals surface area contributed by atoms with Gasteiger partial charge in [-0.05, 0) is 35.8 Å². The number of aryl methyl sites for hydroxylation is 2. The zero-order chi connectivity index (χ0) is 12.8. The van der Waals surface area contributed by atoms with Gasteiger partial charge < -0.3 is 0 Å². The van der Waals surface area contributed by atoms with Crippen molar-refractivity contribution in [2.24, 2.45) is 0 Å². The molecule has 0 spiro atoms. The van der Waals surface area contributed by atoms with E-state index < -0.39 is 0 Å². The Morgan fingerprint density at radius 1 is 1.35 bits per heavy atom. The Bertz CT molecular complexity index is 352. The average Bonchev–Trinajstić information content (AvgIpc) is 2.65. The summed E-state index contributed by atoms with van der Waals surface area (Å²) in [6.45, 7) is 10.2. The summed E-state index contributed by atoms with van der Waals surface area (Å²) in [4.78, 5) is 2.33. The molecule has 0 bridgehead atoms. The fraction of sp³-hybridized carbons (Fsp3) is 0.750. The zero-order valence-corrected chi connectivity index (χ0v) is 13.2. The molecule has 5 heteroatoms. The molecule has 0 aliphatic carbocycles. The van der Waals surface area contributed by atoms with E-state index >= 15 is 0 Å². The lowest BCUT2D eigenvalue weighted by molar-refractivity contribution is 0.287. The second-order valence-corrected chi connectivity index (χ2v) is 5.11. The second-order valence-electron chi connectivity index (χ2n) is 3.93. The van der Waals surface area contributed by atoms with E-state index in [0.29, 0.717) is 5.88 Å². The summed E-state index contributed by atoms with van der Waals surface area (Å²) >= 11 is 9.48. The van der Waals surface area contributed by atoms with Crippen molar-refractivity contribution in [3.8, 4) is 0 Å². The number of hydrogen-bond donors (Lipinski definition) is 0. The Kier molecular flexibility index (Phi) is 6.52. The highest BCUT2D eigenvalue weighted by molar-refractivity contribution is 9.10. The molecular weight excluding hydrogens is 302 g/mol. The van der Waals surface area contributed by atoms with Gasteiger partial charge in [-0.3, -0.25) is 9.58 Å². The van der Waals surface area contributed by atoms with E-state index in [2.05, 4.69) is 51.4 Å². The molecule has 0 saturated carbocycles. The summed E-state index contributed by atoms with van der Waals surface area (Å²) in [6.07, 6.45) is 0.961. The predicted octanol–water partition coefficient (Wildman–Crippen LogP) is 3.29. The van der Waals surface area contributed by atoms with Crippen LogP contribution in [0.2, 0.25) is 0 Å². The van der Waals surface area contributed by atoms with Crippen LogP contribution in [0, 0.1) is 0 Å². The first-order chi connectivity index (χ1) is 8.17. The topological polar surface area (TPSA) is 21.1 Å². The van der Waals surface area contributed by atoms with Gasteiger partial charge in [0, 0.05) is 25.5 Å². The van der Waals surface area contributed by atoms with Crippen molar-refractivity contribution in [1.29, 1.82) is 0 Å². The smallest absolute Gasteiger partial charge is 0.0767 e. The van der Waals surface area contributed by atoms with Crippen LogP contribution in [0.4, 0.5) is 0 Å². The molecule has 0 aliphatic heterocycles. The van der Waals surface area contributed by atoms with Crippen molar-refractivity contribution < 1.29 is 0 Å². The Morgan fingerprint density at radius 3 is 2.53 bits per heavy atom. The first-order valence-corrected chi connectivity index (χ1v) is 7.52. The number of aromatic nitrogens is 2. The third-order valence-corrected chi connectivity index (χ3v) is 4.00. The van der Waals surface area contributed by atoms with Crippen molar-refractivity contribution >= 4 is 27.5 Å². The van der Waals surface area contributed by atoms with Crippen LogP contribution >= 0.6 is 27.5 Å². The molecule has 0 fully saturated rings. The van der Waals surface area contributed by atoms with Gasteiger partial charge in [-0.15, -0.1) is 11.6 Å². The minimum absolute atomic E-state index is 0.673. The maximum Gasteiger partial charge on any atom is 0.0767 e. The van der Waals surface area contributed by atoms with Crippen molar-refractivity contribution in [1.82, 2.24) is 14.7 Å². The van der Waals surface area contributed by atoms with Gasteiger partial charge in [0.25, 0.3) is 0 Å². The zero-order valence-electron chi connectivity index (χ0n) is 10.8. The fourth-order valence-corrected chi connectivity index (χ4v) is 2.78. The minimum Gasteiger partial charge on any atom is -0.297 e. The van der Waals surface area contributed by atoms with E-state index in [1.807, 2.05) is 0 Å². The first kappa shape index (κ1) is 15.0. The van der Waals surface area contributed by atoms with E-state index in [0.717, 1.165) is 42.8 Å². The lowest BCUT2D eigenvalue weighted by Crippen LogP contribution is -2.26. The molecule has 0 amide bonds. The normalized spacial score (nSPS) is 11.4. The van der Waals surface area contributed by atoms with Crippen LogP contribution in [0.3, 0.4) is 0 Å². The molecule has 1 aromatic rings. The van der Waals surface area contributed by atoms with E-state index in [1.54, 1.807) is 0 Å². The highest BCUT2D eigenvalue weighted by Gasteiger charge is 2.15. The number of hydrogen-bond acceptors (Lipinski definition) is 2. The number of alkyl halides is 1. The molecule has 1 aromatic heterocycles. The molecule has 0 aliphatic rings. The molecule has 98 valence electrons. The third-order valence-electron chi connectivity index (χ3n) is 2.92. The third kappa shape index (κ3) is 3.70. The maximum absolute atomic E-state index is 5.81. The molecule has 0 N–H and O–H groups in total. The highest BCUT2D eigenvalue weighted by Crippen LogP contribution is 2.23. The number of nitrogens with zero attached hydrogens (tertiary/aromatic N) is 3. The summed E-state index contributed by atoms with van der Waals surface area (Å²) in [7, 11) is 0. The van der Waals surface area contributed by atoms with Crippen LogP contribution in [0.25, 0.3) is 0 Å². The largest absolute Gasteiger partial charge is 0.297 e. The van der Waals surface area contributed by atoms with Gasteiger partial charge in [0.05, 0.1) is 15.9 Å². The van der Waals surface area contributed by atoms with E-state index in [9.17, 15) is 0 Å². The number of halogens is 2. The van der Waals surface area contributed by atoms with Gasteiger partial charge in [-0.1, -0.05) is 13.8 Å². The molecular formula is C12H21BrClN3. The Hall–Kier alpha value is -0.0600. The van der Waals surface area contributed by atoms with Crippen LogP contribution in [-0.2, 0) is 19.5 Å². The summed E-state index contributed by atoms with van der Waals surface area (Å²) in [5.41, 5.74) is 2.40. The summed E-state index contributed by atoms with van der Waals surface area (Å²) in [6, 6.07) is 0. The van der Waals surface area contributed by atoms with Crippen molar-refractivity contribution in [3.05, 3.63) is 15.9 Å². The van der Waals surface area contributed by atoms with Crippen molar-refractivity contribution in [2.75, 3.05) is 19.0 Å². The fourth-order valence-electron chi connectivity index (χ4n) is 1.85. The van der Waals surface area contributed by atoms with E-state index in [1.165, 1.54) is 5.69 Å². The summed E-state index contributed by atoms with van der Waals surface area (Å²) in [5.74, 6) is 0.673. The van der Waals surface area contributed by atoms with Crippen molar-refractivity contribution in [3.63, 3.8) is 0 Å². The van der Waals surface area contributed by atoms with Crippen molar-refractivity contribution in [2.45, 2.75) is 40.3 Å². The SMILES string of the molecule is CCc1nn(CC)c(CN(CC)CCCl)c1Br. The van der Waals surface area contributed by atoms with Gasteiger partial charge in [-0.25, -0.2) is 0 Å². The lowest BCUT2D eigenvalue weighted by atomic mass is 10.3. The molecule has 0 unspecified atom stereocenters. The van der Waals surface area contributed by atoms with Gasteiger partial charge in [0.15, 0.2) is 0 Å². The van der Waals surface area contributed by atoms with Crippen LogP contribution in [-0.4, -0.2) is 33.6 Å². The molecule has 1 rings (SSSR count). The standard InChI is InChI=1S/C12H21BrClN3/c1-4-10-12(13)11(17(6-3)15-10)9-16(5-2)8-7-14/h4-9H2,1-3H3. The van der Waals surface area contributed by atoms with E-state index in [4.69, 9.17) is 11.6 Å². The van der Waals surface area contributed by atoms with Gasteiger partial charge >= 0.3 is 0 Å². The van der Waals surface area contributed by atoms with Crippen LogP contribution in [0.1, 0.15) is 32.2 Å². The van der Waals surface area contributed by atoms with Gasteiger partial charge in [0.2, 0.25) is 0 Å².